The number of sulfone groups is 1. The summed E-state index contributed by atoms with van der Waals surface area (Å²) >= 11 is 3.22. The van der Waals surface area contributed by atoms with Crippen LogP contribution in [-0.2, 0) is 19.4 Å². The Morgan fingerprint density at radius 3 is 2.69 bits per heavy atom. The van der Waals surface area contributed by atoms with Gasteiger partial charge in [0.2, 0.25) is 5.91 Å². The predicted molar refractivity (Wildman–Crippen MR) is 134 cm³/mol. The van der Waals surface area contributed by atoms with Crippen molar-refractivity contribution in [3.63, 3.8) is 0 Å². The van der Waals surface area contributed by atoms with Gasteiger partial charge in [0.05, 0.1) is 15.8 Å². The number of hydrogen-bond acceptors (Lipinski definition) is 7. The molecule has 9 heteroatoms. The van der Waals surface area contributed by atoms with Crippen LogP contribution in [0.15, 0.2) is 58.3 Å². The maximum Gasteiger partial charge on any atom is 0.239 e. The second-order valence-corrected chi connectivity index (χ2v) is 12.1. The van der Waals surface area contributed by atoms with Crippen LogP contribution in [0.4, 0.5) is 5.69 Å². The molecular formula is C23H26N2O4S3. The maximum absolute atomic E-state index is 12.3. The first-order valence-electron chi connectivity index (χ1n) is 10.0. The molecule has 6 nitrogen and oxygen atoms in total. The van der Waals surface area contributed by atoms with Gasteiger partial charge >= 0.3 is 0 Å². The largest absolute Gasteiger partial charge is 0.379 e. The normalized spacial score (nSPS) is 12.5. The van der Waals surface area contributed by atoms with E-state index < -0.39 is 21.5 Å². The van der Waals surface area contributed by atoms with Crippen molar-refractivity contribution in [1.29, 1.82) is 0 Å². The number of nitrogens with zero attached hydrogens (tertiary/aromatic N) is 1. The van der Waals surface area contributed by atoms with E-state index in [1.54, 1.807) is 48.4 Å². The Labute approximate surface area is 197 Å². The van der Waals surface area contributed by atoms with Gasteiger partial charge in [0.1, 0.15) is 5.75 Å². The van der Waals surface area contributed by atoms with Gasteiger partial charge < -0.3 is 10.1 Å². The highest BCUT2D eigenvalue weighted by molar-refractivity contribution is 8.01. The van der Waals surface area contributed by atoms with Gasteiger partial charge in [-0.25, -0.2) is 13.4 Å². The van der Waals surface area contributed by atoms with E-state index in [1.165, 1.54) is 6.08 Å². The zero-order chi connectivity index (χ0) is 23.2. The van der Waals surface area contributed by atoms with Crippen LogP contribution in [0, 0.1) is 0 Å². The third kappa shape index (κ3) is 7.44. The van der Waals surface area contributed by atoms with Gasteiger partial charge in [0.25, 0.3) is 0 Å². The molecule has 1 amide bonds. The number of ether oxygens (including phenoxy) is 1. The van der Waals surface area contributed by atoms with Crippen molar-refractivity contribution in [2.24, 2.45) is 0 Å². The number of anilines is 1. The van der Waals surface area contributed by atoms with Gasteiger partial charge in [-0.1, -0.05) is 42.1 Å². The minimum absolute atomic E-state index is 0.169. The van der Waals surface area contributed by atoms with Crippen molar-refractivity contribution in [3.05, 3.63) is 59.5 Å². The first-order valence-corrected chi connectivity index (χ1v) is 13.5. The SMILES string of the molecule is COC(C)(C)CCSc1nc2ccc(NC(=O)CS(=O)(=O)C=Cc3ccccc3)cc2s1. The van der Waals surface area contributed by atoms with Crippen molar-refractivity contribution in [2.45, 2.75) is 30.2 Å². The molecule has 1 aromatic heterocycles. The van der Waals surface area contributed by atoms with E-state index in [1.807, 2.05) is 30.3 Å². The number of nitrogens with one attached hydrogen (secondary N) is 1. The molecular weight excluding hydrogens is 464 g/mol. The van der Waals surface area contributed by atoms with E-state index in [0.29, 0.717) is 5.69 Å². The Morgan fingerprint density at radius 2 is 1.97 bits per heavy atom. The summed E-state index contributed by atoms with van der Waals surface area (Å²) < 4.78 is 31.8. The van der Waals surface area contributed by atoms with Gasteiger partial charge in [0, 0.05) is 24.0 Å². The molecule has 1 N–H and O–H groups in total. The minimum Gasteiger partial charge on any atom is -0.379 e. The molecule has 3 rings (SSSR count). The molecule has 2 aromatic carbocycles. The lowest BCUT2D eigenvalue weighted by Gasteiger charge is -2.21. The molecule has 0 atom stereocenters. The Kier molecular flexibility index (Phi) is 8.10. The second kappa shape index (κ2) is 10.6. The number of aromatic nitrogens is 1. The van der Waals surface area contributed by atoms with E-state index in [4.69, 9.17) is 4.74 Å². The third-order valence-corrected chi connectivity index (χ3v) is 8.11. The fourth-order valence-corrected chi connectivity index (χ4v) is 6.02. The minimum atomic E-state index is -3.68. The summed E-state index contributed by atoms with van der Waals surface area (Å²) in [4.78, 5) is 16.9. The van der Waals surface area contributed by atoms with Crippen molar-refractivity contribution < 1.29 is 17.9 Å². The molecule has 0 bridgehead atoms. The summed E-state index contributed by atoms with van der Waals surface area (Å²) in [7, 11) is -1.97. The zero-order valence-corrected chi connectivity index (χ0v) is 20.6. The molecule has 0 fully saturated rings. The monoisotopic (exact) mass is 490 g/mol. The lowest BCUT2D eigenvalue weighted by molar-refractivity contribution is -0.113. The number of thiazole rings is 1. The van der Waals surface area contributed by atoms with Crippen molar-refractivity contribution in [3.8, 4) is 0 Å². The molecule has 0 unspecified atom stereocenters. The van der Waals surface area contributed by atoms with Gasteiger partial charge in [-0.05, 0) is 50.1 Å². The topological polar surface area (TPSA) is 85.4 Å². The van der Waals surface area contributed by atoms with Crippen LogP contribution in [0.1, 0.15) is 25.8 Å². The van der Waals surface area contributed by atoms with Gasteiger partial charge in [0.15, 0.2) is 14.2 Å². The molecule has 1 heterocycles. The van der Waals surface area contributed by atoms with Crippen molar-refractivity contribution in [2.75, 3.05) is 23.9 Å². The average molecular weight is 491 g/mol. The van der Waals surface area contributed by atoms with Crippen molar-refractivity contribution in [1.82, 2.24) is 4.98 Å². The zero-order valence-electron chi connectivity index (χ0n) is 18.2. The molecule has 0 aliphatic rings. The van der Waals surface area contributed by atoms with Crippen LogP contribution in [0.25, 0.3) is 16.3 Å². The Hall–Kier alpha value is -2.20. The van der Waals surface area contributed by atoms with E-state index in [9.17, 15) is 13.2 Å². The molecule has 0 aliphatic carbocycles. The molecule has 0 aliphatic heterocycles. The Morgan fingerprint density at radius 1 is 1.22 bits per heavy atom. The van der Waals surface area contributed by atoms with Crippen LogP contribution >= 0.6 is 23.1 Å². The lowest BCUT2D eigenvalue weighted by atomic mass is 10.1. The van der Waals surface area contributed by atoms with Crippen LogP contribution in [0.3, 0.4) is 0 Å². The van der Waals surface area contributed by atoms with E-state index in [-0.39, 0.29) is 5.60 Å². The van der Waals surface area contributed by atoms with Gasteiger partial charge in [-0.15, -0.1) is 11.3 Å². The molecule has 0 saturated heterocycles. The molecule has 0 spiro atoms. The third-order valence-electron chi connectivity index (χ3n) is 4.73. The Balaban J connectivity index is 1.59. The first kappa shape index (κ1) is 24.4. The summed E-state index contributed by atoms with van der Waals surface area (Å²) in [5.74, 6) is -0.311. The molecule has 3 aromatic rings. The van der Waals surface area contributed by atoms with Crippen LogP contribution < -0.4 is 5.32 Å². The number of benzene rings is 2. The number of fused-ring (bicyclic) bond motifs is 1. The number of carbonyl (C=O) groups excluding carboxylic acids is 1. The highest BCUT2D eigenvalue weighted by atomic mass is 32.2. The van der Waals surface area contributed by atoms with Crippen LogP contribution in [0.2, 0.25) is 0 Å². The van der Waals surface area contributed by atoms with Gasteiger partial charge in [-0.2, -0.15) is 0 Å². The lowest BCUT2D eigenvalue weighted by Crippen LogP contribution is -2.22. The standard InChI is InChI=1S/C23H26N2O4S3/c1-23(2,29-3)12-13-30-22-25-19-10-9-18(15-20(19)31-22)24-21(26)16-32(27,28)14-11-17-7-5-4-6-8-17/h4-11,14-15H,12-13,16H2,1-3H3,(H,24,26). The highest BCUT2D eigenvalue weighted by Gasteiger charge is 2.17. The molecule has 170 valence electrons. The molecule has 0 saturated carbocycles. The first-order chi connectivity index (χ1) is 15.2. The summed E-state index contributed by atoms with van der Waals surface area (Å²) in [6.45, 7) is 4.11. The fraction of sp³-hybridized carbons (Fsp3) is 0.304. The van der Waals surface area contributed by atoms with Crippen molar-refractivity contribution >= 4 is 60.8 Å². The summed E-state index contributed by atoms with van der Waals surface area (Å²) in [6.07, 6.45) is 2.39. The quantitative estimate of drug-likeness (QED) is 0.392. The smallest absolute Gasteiger partial charge is 0.239 e. The number of amides is 1. The number of carbonyl (C=O) groups is 1. The summed E-state index contributed by atoms with van der Waals surface area (Å²) in [5.41, 5.74) is 1.98. The number of hydrogen-bond donors (Lipinski definition) is 1. The predicted octanol–water partition coefficient (Wildman–Crippen LogP) is 5.23. The number of thioether (sulfide) groups is 1. The fourth-order valence-electron chi connectivity index (χ4n) is 2.70. The number of rotatable bonds is 10. The van der Waals surface area contributed by atoms with E-state index in [2.05, 4.69) is 24.1 Å². The molecule has 0 radical (unpaired) electrons. The summed E-state index contributed by atoms with van der Waals surface area (Å²) in [6, 6.07) is 14.5. The Bertz CT molecular complexity index is 1200. The number of methoxy groups -OCH3 is 1. The van der Waals surface area contributed by atoms with E-state index >= 15 is 0 Å². The van der Waals surface area contributed by atoms with Gasteiger partial charge in [-0.3, -0.25) is 4.79 Å². The highest BCUT2D eigenvalue weighted by Crippen LogP contribution is 2.32. The second-order valence-electron chi connectivity index (χ2n) is 7.79. The molecule has 32 heavy (non-hydrogen) atoms. The van der Waals surface area contributed by atoms with Crippen LogP contribution in [-0.4, -0.2) is 43.5 Å². The van der Waals surface area contributed by atoms with Crippen LogP contribution in [0.5, 0.6) is 0 Å². The average Bonchev–Trinajstić information content (AvgIpc) is 3.14. The maximum atomic E-state index is 12.3. The summed E-state index contributed by atoms with van der Waals surface area (Å²) in [5, 5.41) is 3.74. The van der Waals surface area contributed by atoms with E-state index in [0.717, 1.165) is 37.7 Å².